The van der Waals surface area contributed by atoms with Gasteiger partial charge in [0.15, 0.2) is 6.04 Å². The first kappa shape index (κ1) is 12.5. The SMILES string of the molecule is COC(=O)C(Nc1ccccc1F)c1cncs1. The largest absolute Gasteiger partial charge is 0.467 e. The molecule has 2 rings (SSSR count). The molecule has 4 nitrogen and oxygen atoms in total. The van der Waals surface area contributed by atoms with Crippen molar-refractivity contribution in [3.63, 3.8) is 0 Å². The number of para-hydroxylation sites is 1. The van der Waals surface area contributed by atoms with Crippen LogP contribution in [0.3, 0.4) is 0 Å². The van der Waals surface area contributed by atoms with E-state index < -0.39 is 17.8 Å². The Labute approximate surface area is 107 Å². The Morgan fingerprint density at radius 3 is 2.89 bits per heavy atom. The minimum absolute atomic E-state index is 0.251. The van der Waals surface area contributed by atoms with Crippen molar-refractivity contribution < 1.29 is 13.9 Å². The zero-order valence-electron chi connectivity index (χ0n) is 9.59. The van der Waals surface area contributed by atoms with Crippen LogP contribution < -0.4 is 5.32 Å². The summed E-state index contributed by atoms with van der Waals surface area (Å²) in [5.74, 6) is -0.904. The van der Waals surface area contributed by atoms with E-state index in [9.17, 15) is 9.18 Å². The van der Waals surface area contributed by atoms with Crippen LogP contribution in [-0.4, -0.2) is 18.1 Å². The Kier molecular flexibility index (Phi) is 3.88. The van der Waals surface area contributed by atoms with Crippen LogP contribution in [0.5, 0.6) is 0 Å². The van der Waals surface area contributed by atoms with E-state index in [1.807, 2.05) is 0 Å². The van der Waals surface area contributed by atoms with Gasteiger partial charge in [0.1, 0.15) is 5.82 Å². The Bertz CT molecular complexity index is 531. The van der Waals surface area contributed by atoms with E-state index in [0.29, 0.717) is 4.88 Å². The molecule has 2 aromatic rings. The van der Waals surface area contributed by atoms with Crippen molar-refractivity contribution in [2.45, 2.75) is 6.04 Å². The molecule has 0 aliphatic heterocycles. The first-order valence-corrected chi connectivity index (χ1v) is 6.07. The summed E-state index contributed by atoms with van der Waals surface area (Å²) in [4.78, 5) is 16.3. The van der Waals surface area contributed by atoms with Gasteiger partial charge in [-0.05, 0) is 12.1 Å². The van der Waals surface area contributed by atoms with Gasteiger partial charge in [-0.25, -0.2) is 9.18 Å². The van der Waals surface area contributed by atoms with Crippen LogP contribution in [-0.2, 0) is 9.53 Å². The van der Waals surface area contributed by atoms with E-state index in [0.717, 1.165) is 0 Å². The summed E-state index contributed by atoms with van der Waals surface area (Å²) in [6.45, 7) is 0. The molecule has 0 bridgehead atoms. The van der Waals surface area contributed by atoms with Gasteiger partial charge in [-0.15, -0.1) is 11.3 Å². The van der Waals surface area contributed by atoms with Gasteiger partial charge in [0.05, 0.1) is 23.2 Å². The van der Waals surface area contributed by atoms with Crippen molar-refractivity contribution >= 4 is 23.0 Å². The number of esters is 1. The van der Waals surface area contributed by atoms with Gasteiger partial charge >= 0.3 is 5.97 Å². The molecular weight excluding hydrogens is 255 g/mol. The summed E-state index contributed by atoms with van der Waals surface area (Å²) < 4.78 is 18.2. The van der Waals surface area contributed by atoms with Gasteiger partial charge in [0, 0.05) is 6.20 Å². The minimum atomic E-state index is -0.751. The average Bonchev–Trinajstić information content (AvgIpc) is 2.90. The first-order valence-electron chi connectivity index (χ1n) is 5.19. The number of aromatic nitrogens is 1. The fraction of sp³-hybridized carbons (Fsp3) is 0.167. The second-order valence-corrected chi connectivity index (χ2v) is 4.40. The number of nitrogens with zero attached hydrogens (tertiary/aromatic N) is 1. The Morgan fingerprint density at radius 1 is 1.50 bits per heavy atom. The Hall–Kier alpha value is -1.95. The van der Waals surface area contributed by atoms with Crippen LogP contribution in [0, 0.1) is 5.82 Å². The summed E-state index contributed by atoms with van der Waals surface area (Å²) in [5.41, 5.74) is 1.86. The molecule has 1 unspecified atom stereocenters. The minimum Gasteiger partial charge on any atom is -0.467 e. The smallest absolute Gasteiger partial charge is 0.333 e. The van der Waals surface area contributed by atoms with Crippen molar-refractivity contribution in [2.75, 3.05) is 12.4 Å². The third-order valence-corrected chi connectivity index (χ3v) is 3.19. The van der Waals surface area contributed by atoms with E-state index in [-0.39, 0.29) is 5.69 Å². The quantitative estimate of drug-likeness (QED) is 0.864. The molecule has 0 amide bonds. The zero-order valence-corrected chi connectivity index (χ0v) is 10.4. The van der Waals surface area contributed by atoms with Crippen LogP contribution in [0.2, 0.25) is 0 Å². The van der Waals surface area contributed by atoms with Gasteiger partial charge in [-0.2, -0.15) is 0 Å². The molecule has 18 heavy (non-hydrogen) atoms. The number of thiazole rings is 1. The lowest BCUT2D eigenvalue weighted by Crippen LogP contribution is -2.21. The number of carbonyl (C=O) groups is 1. The number of halogens is 1. The fourth-order valence-corrected chi connectivity index (χ4v) is 2.12. The van der Waals surface area contributed by atoms with Crippen LogP contribution >= 0.6 is 11.3 Å². The maximum atomic E-state index is 13.5. The molecule has 1 heterocycles. The zero-order chi connectivity index (χ0) is 13.0. The number of ether oxygens (including phenoxy) is 1. The highest BCUT2D eigenvalue weighted by Gasteiger charge is 2.23. The highest BCUT2D eigenvalue weighted by molar-refractivity contribution is 7.09. The first-order chi connectivity index (χ1) is 8.72. The normalized spacial score (nSPS) is 11.9. The predicted molar refractivity (Wildman–Crippen MR) is 66.9 cm³/mol. The van der Waals surface area contributed by atoms with E-state index in [4.69, 9.17) is 4.74 Å². The molecule has 0 aliphatic rings. The fourth-order valence-electron chi connectivity index (χ4n) is 1.47. The summed E-state index contributed by atoms with van der Waals surface area (Å²) >= 11 is 1.30. The van der Waals surface area contributed by atoms with Crippen LogP contribution in [0.4, 0.5) is 10.1 Å². The Morgan fingerprint density at radius 2 is 2.28 bits per heavy atom. The molecule has 0 aliphatic carbocycles. The van der Waals surface area contributed by atoms with Crippen LogP contribution in [0.1, 0.15) is 10.9 Å². The van der Waals surface area contributed by atoms with Gasteiger partial charge in [0.2, 0.25) is 0 Å². The number of nitrogens with one attached hydrogen (secondary N) is 1. The highest BCUT2D eigenvalue weighted by atomic mass is 32.1. The van der Waals surface area contributed by atoms with Crippen molar-refractivity contribution in [3.05, 3.63) is 46.7 Å². The lowest BCUT2D eigenvalue weighted by Gasteiger charge is -2.16. The van der Waals surface area contributed by atoms with E-state index in [2.05, 4.69) is 10.3 Å². The lowest BCUT2D eigenvalue weighted by atomic mass is 10.2. The van der Waals surface area contributed by atoms with Crippen molar-refractivity contribution in [1.29, 1.82) is 0 Å². The number of hydrogen-bond donors (Lipinski definition) is 1. The van der Waals surface area contributed by atoms with Crippen molar-refractivity contribution in [3.8, 4) is 0 Å². The number of rotatable bonds is 4. The van der Waals surface area contributed by atoms with Gasteiger partial charge in [0.25, 0.3) is 0 Å². The molecule has 0 fully saturated rings. The maximum Gasteiger partial charge on any atom is 0.333 e. The summed E-state index contributed by atoms with van der Waals surface area (Å²) in [6, 6.07) is 5.40. The van der Waals surface area contributed by atoms with Crippen LogP contribution in [0.25, 0.3) is 0 Å². The lowest BCUT2D eigenvalue weighted by molar-refractivity contribution is -0.141. The molecule has 1 aromatic heterocycles. The number of hydrogen-bond acceptors (Lipinski definition) is 5. The molecule has 1 atom stereocenters. The number of methoxy groups -OCH3 is 1. The van der Waals surface area contributed by atoms with Crippen molar-refractivity contribution in [2.24, 2.45) is 0 Å². The monoisotopic (exact) mass is 266 g/mol. The number of anilines is 1. The summed E-state index contributed by atoms with van der Waals surface area (Å²) in [5, 5.41) is 2.82. The van der Waals surface area contributed by atoms with Gasteiger partial charge in [-0.1, -0.05) is 12.1 Å². The average molecular weight is 266 g/mol. The maximum absolute atomic E-state index is 13.5. The number of carbonyl (C=O) groups excluding carboxylic acids is 1. The van der Waals surface area contributed by atoms with Crippen LogP contribution in [0.15, 0.2) is 36.0 Å². The van der Waals surface area contributed by atoms with E-state index in [1.54, 1.807) is 29.9 Å². The second kappa shape index (κ2) is 5.59. The van der Waals surface area contributed by atoms with Crippen molar-refractivity contribution in [1.82, 2.24) is 4.98 Å². The number of benzene rings is 1. The van der Waals surface area contributed by atoms with Gasteiger partial charge in [-0.3, -0.25) is 4.98 Å². The molecule has 1 aromatic carbocycles. The van der Waals surface area contributed by atoms with Gasteiger partial charge < -0.3 is 10.1 Å². The molecule has 0 saturated heterocycles. The topological polar surface area (TPSA) is 51.2 Å². The van der Waals surface area contributed by atoms with E-state index >= 15 is 0 Å². The molecule has 0 saturated carbocycles. The second-order valence-electron chi connectivity index (χ2n) is 3.48. The van der Waals surface area contributed by atoms with E-state index in [1.165, 1.54) is 24.5 Å². The summed E-state index contributed by atoms with van der Waals surface area (Å²) in [7, 11) is 1.29. The third-order valence-electron chi connectivity index (χ3n) is 2.35. The third kappa shape index (κ3) is 2.65. The predicted octanol–water partition coefficient (Wildman–Crippen LogP) is 2.61. The Balaban J connectivity index is 2.26. The highest BCUT2D eigenvalue weighted by Crippen LogP contribution is 2.25. The molecule has 6 heteroatoms. The molecule has 1 N–H and O–H groups in total. The molecule has 94 valence electrons. The molecule has 0 radical (unpaired) electrons. The summed E-state index contributed by atoms with van der Waals surface area (Å²) in [6.07, 6.45) is 1.56. The molecular formula is C12H11FN2O2S. The standard InChI is InChI=1S/C12H11FN2O2S/c1-17-12(16)11(10-6-14-7-18-10)15-9-5-3-2-4-8(9)13/h2-7,11,15H,1H3. The molecule has 0 spiro atoms.